The maximum Gasteiger partial charge on any atom is 0.308 e. The number of rotatable bonds is 9. The first-order valence-corrected chi connectivity index (χ1v) is 10.1. The molecule has 0 radical (unpaired) electrons. The molecule has 0 amide bonds. The lowest BCUT2D eigenvalue weighted by Gasteiger charge is -2.08. The van der Waals surface area contributed by atoms with Gasteiger partial charge < -0.3 is 13.9 Å². The van der Waals surface area contributed by atoms with E-state index in [-0.39, 0.29) is 11.5 Å². The average Bonchev–Trinajstić information content (AvgIpc) is 3.03. The van der Waals surface area contributed by atoms with E-state index < -0.39 is 11.9 Å². The molecule has 1 heterocycles. The molecule has 0 bridgehead atoms. The number of allylic oxidation sites excluding steroid dienone is 5. The van der Waals surface area contributed by atoms with Crippen LogP contribution in [0.2, 0.25) is 0 Å². The van der Waals surface area contributed by atoms with E-state index in [4.69, 9.17) is 13.9 Å². The Balaban J connectivity index is 2.12. The SMILES string of the molecule is C=C(CC/C=C(\C)CCC=C(C)C)c1cc2cc(OC(C)=O)c(OC(C)=O)cc2o1. The molecule has 0 atom stereocenters. The summed E-state index contributed by atoms with van der Waals surface area (Å²) < 4.78 is 16.2. The van der Waals surface area contributed by atoms with Crippen LogP contribution in [-0.4, -0.2) is 11.9 Å². The first-order valence-electron chi connectivity index (χ1n) is 10.1. The summed E-state index contributed by atoms with van der Waals surface area (Å²) in [5.74, 6) is -0.0209. The van der Waals surface area contributed by atoms with Gasteiger partial charge in [0.25, 0.3) is 0 Å². The maximum atomic E-state index is 11.4. The average molecular weight is 411 g/mol. The fourth-order valence-electron chi connectivity index (χ4n) is 3.00. The fourth-order valence-corrected chi connectivity index (χ4v) is 3.00. The Bertz CT molecular complexity index is 947. The van der Waals surface area contributed by atoms with Crippen LogP contribution >= 0.6 is 0 Å². The molecule has 0 aliphatic heterocycles. The molecule has 0 aliphatic rings. The number of fused-ring (bicyclic) bond motifs is 1. The zero-order valence-corrected chi connectivity index (χ0v) is 18.5. The number of hydrogen-bond acceptors (Lipinski definition) is 5. The topological polar surface area (TPSA) is 65.7 Å². The summed E-state index contributed by atoms with van der Waals surface area (Å²) >= 11 is 0. The molecule has 0 saturated heterocycles. The van der Waals surface area contributed by atoms with Gasteiger partial charge in [0.1, 0.15) is 11.3 Å². The van der Waals surface area contributed by atoms with Crippen molar-refractivity contribution in [2.75, 3.05) is 0 Å². The van der Waals surface area contributed by atoms with Crippen molar-refractivity contribution >= 4 is 28.5 Å². The molecule has 1 aromatic heterocycles. The second-order valence-corrected chi connectivity index (χ2v) is 7.65. The van der Waals surface area contributed by atoms with Gasteiger partial charge in [-0.25, -0.2) is 0 Å². The molecule has 160 valence electrons. The minimum absolute atomic E-state index is 0.145. The highest BCUT2D eigenvalue weighted by Crippen LogP contribution is 2.36. The summed E-state index contributed by atoms with van der Waals surface area (Å²) in [6, 6.07) is 5.04. The Hall–Kier alpha value is -3.08. The number of carbonyl (C=O) groups is 2. The van der Waals surface area contributed by atoms with E-state index in [1.807, 2.05) is 6.07 Å². The molecule has 5 heteroatoms. The highest BCUT2D eigenvalue weighted by atomic mass is 16.6. The quantitative estimate of drug-likeness (QED) is 0.259. The van der Waals surface area contributed by atoms with Crippen LogP contribution in [0.4, 0.5) is 0 Å². The first-order chi connectivity index (χ1) is 14.2. The number of carbonyl (C=O) groups excluding carboxylic acids is 2. The molecule has 30 heavy (non-hydrogen) atoms. The van der Waals surface area contributed by atoms with Crippen molar-refractivity contribution in [3.05, 3.63) is 53.8 Å². The van der Waals surface area contributed by atoms with Crippen LogP contribution in [0, 0.1) is 0 Å². The Morgan fingerprint density at radius 1 is 0.900 bits per heavy atom. The summed E-state index contributed by atoms with van der Waals surface area (Å²) in [6.07, 6.45) is 8.26. The monoisotopic (exact) mass is 410 g/mol. The van der Waals surface area contributed by atoms with E-state index in [0.717, 1.165) is 36.6 Å². The van der Waals surface area contributed by atoms with Crippen LogP contribution in [0.1, 0.15) is 66.1 Å². The Morgan fingerprint density at radius 3 is 2.10 bits per heavy atom. The third kappa shape index (κ3) is 7.07. The minimum Gasteiger partial charge on any atom is -0.456 e. The molecular weight excluding hydrogens is 380 g/mol. The molecule has 1 aromatic carbocycles. The molecule has 0 saturated carbocycles. The lowest BCUT2D eigenvalue weighted by molar-refractivity contribution is -0.134. The molecule has 0 aliphatic carbocycles. The highest BCUT2D eigenvalue weighted by molar-refractivity contribution is 5.87. The van der Waals surface area contributed by atoms with E-state index >= 15 is 0 Å². The molecule has 0 spiro atoms. The van der Waals surface area contributed by atoms with Crippen LogP contribution in [0.3, 0.4) is 0 Å². The lowest BCUT2D eigenvalue weighted by Crippen LogP contribution is -2.06. The zero-order valence-electron chi connectivity index (χ0n) is 18.5. The molecule has 0 N–H and O–H groups in total. The Kier molecular flexibility index (Phi) is 8.22. The maximum absolute atomic E-state index is 11.4. The molecule has 2 aromatic rings. The van der Waals surface area contributed by atoms with Gasteiger partial charge in [-0.3, -0.25) is 9.59 Å². The van der Waals surface area contributed by atoms with E-state index in [0.29, 0.717) is 11.3 Å². The van der Waals surface area contributed by atoms with Crippen molar-refractivity contribution in [3.8, 4) is 11.5 Å². The molecular formula is C25H30O5. The lowest BCUT2D eigenvalue weighted by atomic mass is 10.1. The molecule has 0 fully saturated rings. The second kappa shape index (κ2) is 10.6. The summed E-state index contributed by atoms with van der Waals surface area (Å²) in [5, 5.41) is 0.742. The van der Waals surface area contributed by atoms with Gasteiger partial charge in [0, 0.05) is 25.3 Å². The molecule has 0 unspecified atom stereocenters. The van der Waals surface area contributed by atoms with Gasteiger partial charge in [0.15, 0.2) is 11.5 Å². The van der Waals surface area contributed by atoms with E-state index in [1.165, 1.54) is 25.0 Å². The number of hydrogen-bond donors (Lipinski definition) is 0. The largest absolute Gasteiger partial charge is 0.456 e. The standard InChI is InChI=1S/C25H30O5/c1-16(2)9-7-10-17(3)11-8-12-18(4)22-13-21-14-24(28-19(5)26)25(29-20(6)27)15-23(21)30-22/h9,11,13-15H,4,7-8,10,12H2,1-3,5-6H3/b17-11+. The van der Waals surface area contributed by atoms with Crippen molar-refractivity contribution in [2.24, 2.45) is 0 Å². The first kappa shape index (κ1) is 23.2. The number of ether oxygens (including phenoxy) is 2. The fraction of sp³-hybridized carbons (Fsp3) is 0.360. The third-order valence-electron chi connectivity index (χ3n) is 4.47. The predicted molar refractivity (Wildman–Crippen MR) is 120 cm³/mol. The third-order valence-corrected chi connectivity index (χ3v) is 4.47. The van der Waals surface area contributed by atoms with Crippen molar-refractivity contribution in [1.82, 2.24) is 0 Å². The number of furan rings is 1. The van der Waals surface area contributed by atoms with Gasteiger partial charge in [0.05, 0.1) is 0 Å². The summed E-state index contributed by atoms with van der Waals surface area (Å²) in [4.78, 5) is 22.7. The Labute approximate surface area is 178 Å². The van der Waals surface area contributed by atoms with Crippen LogP contribution in [0.15, 0.2) is 52.5 Å². The van der Waals surface area contributed by atoms with Gasteiger partial charge in [-0.05, 0) is 64.2 Å². The summed E-state index contributed by atoms with van der Waals surface area (Å²) in [7, 11) is 0. The van der Waals surface area contributed by atoms with E-state index in [9.17, 15) is 9.59 Å². The van der Waals surface area contributed by atoms with Crippen LogP contribution < -0.4 is 9.47 Å². The van der Waals surface area contributed by atoms with E-state index in [1.54, 1.807) is 12.1 Å². The van der Waals surface area contributed by atoms with Crippen LogP contribution in [-0.2, 0) is 9.59 Å². The highest BCUT2D eigenvalue weighted by Gasteiger charge is 2.16. The summed E-state index contributed by atoms with van der Waals surface area (Å²) in [6.45, 7) is 13.1. The smallest absolute Gasteiger partial charge is 0.308 e. The van der Waals surface area contributed by atoms with Gasteiger partial charge in [-0.1, -0.05) is 29.9 Å². The minimum atomic E-state index is -0.509. The van der Waals surface area contributed by atoms with Crippen molar-refractivity contribution in [3.63, 3.8) is 0 Å². The van der Waals surface area contributed by atoms with Gasteiger partial charge in [-0.15, -0.1) is 0 Å². The van der Waals surface area contributed by atoms with Gasteiger partial charge in [-0.2, -0.15) is 0 Å². The number of esters is 2. The van der Waals surface area contributed by atoms with Crippen molar-refractivity contribution in [1.29, 1.82) is 0 Å². The number of benzene rings is 1. The normalized spacial score (nSPS) is 11.3. The molecule has 5 nitrogen and oxygen atoms in total. The zero-order chi connectivity index (χ0) is 22.3. The van der Waals surface area contributed by atoms with Gasteiger partial charge >= 0.3 is 11.9 Å². The molecule has 2 rings (SSSR count). The predicted octanol–water partition coefficient (Wildman–Crippen LogP) is 6.77. The van der Waals surface area contributed by atoms with Crippen molar-refractivity contribution < 1.29 is 23.5 Å². The summed E-state index contributed by atoms with van der Waals surface area (Å²) in [5.41, 5.74) is 4.12. The Morgan fingerprint density at radius 2 is 1.50 bits per heavy atom. The van der Waals surface area contributed by atoms with E-state index in [2.05, 4.69) is 39.5 Å². The second-order valence-electron chi connectivity index (χ2n) is 7.65. The van der Waals surface area contributed by atoms with Crippen LogP contribution in [0.25, 0.3) is 16.5 Å². The van der Waals surface area contributed by atoms with Crippen LogP contribution in [0.5, 0.6) is 11.5 Å². The van der Waals surface area contributed by atoms with Gasteiger partial charge in [0.2, 0.25) is 0 Å². The van der Waals surface area contributed by atoms with Crippen molar-refractivity contribution in [2.45, 2.75) is 60.3 Å².